The predicted octanol–water partition coefficient (Wildman–Crippen LogP) is 1.35. The summed E-state index contributed by atoms with van der Waals surface area (Å²) in [5, 5.41) is 11.1. The summed E-state index contributed by atoms with van der Waals surface area (Å²) in [6.07, 6.45) is 3.60. The van der Waals surface area contributed by atoms with E-state index >= 15 is 0 Å². The second-order valence-corrected chi connectivity index (χ2v) is 4.49. The SMILES string of the molecule is CCCC1NC(=O)N(CCCCCC(=O)O)C1=O. The van der Waals surface area contributed by atoms with Crippen molar-refractivity contribution < 1.29 is 19.5 Å². The summed E-state index contributed by atoms with van der Waals surface area (Å²) in [4.78, 5) is 34.9. The highest BCUT2D eigenvalue weighted by Gasteiger charge is 2.36. The van der Waals surface area contributed by atoms with Crippen molar-refractivity contribution in [3.8, 4) is 0 Å². The molecule has 1 aliphatic rings. The smallest absolute Gasteiger partial charge is 0.324 e. The molecule has 0 bridgehead atoms. The summed E-state index contributed by atoms with van der Waals surface area (Å²) >= 11 is 0. The van der Waals surface area contributed by atoms with Gasteiger partial charge in [-0.2, -0.15) is 0 Å². The minimum atomic E-state index is -0.812. The number of carbonyl (C=O) groups excluding carboxylic acids is 2. The van der Waals surface area contributed by atoms with Gasteiger partial charge in [-0.3, -0.25) is 14.5 Å². The normalized spacial score (nSPS) is 19.2. The Morgan fingerprint density at radius 1 is 1.33 bits per heavy atom. The number of urea groups is 1. The van der Waals surface area contributed by atoms with Gasteiger partial charge in [-0.15, -0.1) is 0 Å². The molecular formula is C12H20N2O4. The Morgan fingerprint density at radius 2 is 2.06 bits per heavy atom. The molecule has 0 spiro atoms. The lowest BCUT2D eigenvalue weighted by molar-refractivity contribution is -0.137. The van der Waals surface area contributed by atoms with E-state index in [1.54, 1.807) is 0 Å². The first-order chi connectivity index (χ1) is 8.56. The fourth-order valence-electron chi connectivity index (χ4n) is 2.00. The third-order valence-electron chi connectivity index (χ3n) is 2.96. The fourth-order valence-corrected chi connectivity index (χ4v) is 2.00. The van der Waals surface area contributed by atoms with Crippen LogP contribution in [-0.2, 0) is 9.59 Å². The Kier molecular flexibility index (Phi) is 5.61. The standard InChI is InChI=1S/C12H20N2O4/c1-2-6-9-11(17)14(12(18)13-9)8-5-3-4-7-10(15)16/h9H,2-8H2,1H3,(H,13,18)(H,15,16). The lowest BCUT2D eigenvalue weighted by Gasteiger charge is -2.12. The second-order valence-electron chi connectivity index (χ2n) is 4.49. The first-order valence-corrected chi connectivity index (χ1v) is 6.40. The van der Waals surface area contributed by atoms with Crippen LogP contribution in [0, 0.1) is 0 Å². The molecule has 1 saturated heterocycles. The number of hydrogen-bond donors (Lipinski definition) is 2. The highest BCUT2D eigenvalue weighted by atomic mass is 16.4. The van der Waals surface area contributed by atoms with Crippen LogP contribution in [0.2, 0.25) is 0 Å². The average molecular weight is 256 g/mol. The van der Waals surface area contributed by atoms with Crippen LogP contribution in [-0.4, -0.2) is 40.5 Å². The van der Waals surface area contributed by atoms with Gasteiger partial charge in [-0.25, -0.2) is 4.79 Å². The summed E-state index contributed by atoms with van der Waals surface area (Å²) in [5.41, 5.74) is 0. The maximum absolute atomic E-state index is 11.8. The third kappa shape index (κ3) is 4.01. The highest BCUT2D eigenvalue weighted by Crippen LogP contribution is 2.12. The third-order valence-corrected chi connectivity index (χ3v) is 2.96. The summed E-state index contributed by atoms with van der Waals surface area (Å²) < 4.78 is 0. The molecule has 2 N–H and O–H groups in total. The zero-order valence-corrected chi connectivity index (χ0v) is 10.6. The van der Waals surface area contributed by atoms with Gasteiger partial charge in [0.1, 0.15) is 6.04 Å². The Labute approximate surface area is 106 Å². The molecule has 1 fully saturated rings. The van der Waals surface area contributed by atoms with Crippen molar-refractivity contribution in [1.82, 2.24) is 10.2 Å². The van der Waals surface area contributed by atoms with Crippen LogP contribution < -0.4 is 5.32 Å². The molecule has 1 atom stereocenters. The van der Waals surface area contributed by atoms with E-state index < -0.39 is 5.97 Å². The van der Waals surface area contributed by atoms with E-state index in [4.69, 9.17) is 5.11 Å². The highest BCUT2D eigenvalue weighted by molar-refractivity contribution is 6.04. The molecular weight excluding hydrogens is 236 g/mol. The number of nitrogens with zero attached hydrogens (tertiary/aromatic N) is 1. The summed E-state index contributed by atoms with van der Waals surface area (Å²) in [5.74, 6) is -0.965. The molecule has 102 valence electrons. The molecule has 0 aromatic heterocycles. The van der Waals surface area contributed by atoms with E-state index in [-0.39, 0.29) is 24.4 Å². The number of carboxylic acids is 1. The van der Waals surface area contributed by atoms with E-state index in [9.17, 15) is 14.4 Å². The van der Waals surface area contributed by atoms with Crippen molar-refractivity contribution in [1.29, 1.82) is 0 Å². The van der Waals surface area contributed by atoms with Crippen LogP contribution in [0.1, 0.15) is 45.4 Å². The molecule has 0 aromatic carbocycles. The number of unbranched alkanes of at least 4 members (excludes halogenated alkanes) is 2. The number of nitrogens with one attached hydrogen (secondary N) is 1. The van der Waals surface area contributed by atoms with E-state index in [1.807, 2.05) is 6.92 Å². The van der Waals surface area contributed by atoms with E-state index in [1.165, 1.54) is 4.90 Å². The van der Waals surface area contributed by atoms with Crippen molar-refractivity contribution in [3.05, 3.63) is 0 Å². The Balaban J connectivity index is 2.27. The number of amides is 3. The molecule has 0 aliphatic carbocycles. The maximum atomic E-state index is 11.8. The molecule has 1 aliphatic heterocycles. The molecule has 0 radical (unpaired) electrons. The van der Waals surface area contributed by atoms with Crippen LogP contribution in [0.5, 0.6) is 0 Å². The van der Waals surface area contributed by atoms with Gasteiger partial charge >= 0.3 is 12.0 Å². The summed E-state index contributed by atoms with van der Waals surface area (Å²) in [6.45, 7) is 2.35. The van der Waals surface area contributed by atoms with Crippen LogP contribution in [0.4, 0.5) is 4.79 Å². The molecule has 18 heavy (non-hydrogen) atoms. The first kappa shape index (κ1) is 14.5. The zero-order chi connectivity index (χ0) is 13.5. The number of aliphatic carboxylic acids is 1. The number of carboxylic acid groups (broad SMARTS) is 1. The van der Waals surface area contributed by atoms with Gasteiger partial charge in [-0.05, 0) is 19.3 Å². The quantitative estimate of drug-likeness (QED) is 0.507. The van der Waals surface area contributed by atoms with Gasteiger partial charge < -0.3 is 10.4 Å². The molecule has 0 aromatic rings. The maximum Gasteiger partial charge on any atom is 0.324 e. The van der Waals surface area contributed by atoms with E-state index in [0.29, 0.717) is 32.2 Å². The molecule has 6 heteroatoms. The fraction of sp³-hybridized carbons (Fsp3) is 0.750. The zero-order valence-electron chi connectivity index (χ0n) is 10.6. The Bertz CT molecular complexity index is 330. The van der Waals surface area contributed by atoms with Gasteiger partial charge in [0.25, 0.3) is 5.91 Å². The van der Waals surface area contributed by atoms with E-state index in [2.05, 4.69) is 5.32 Å². The molecule has 3 amide bonds. The minimum Gasteiger partial charge on any atom is -0.481 e. The molecule has 1 unspecified atom stereocenters. The average Bonchev–Trinajstić information content (AvgIpc) is 2.56. The summed E-state index contributed by atoms with van der Waals surface area (Å²) in [6, 6.07) is -0.696. The number of carbonyl (C=O) groups is 3. The van der Waals surface area contributed by atoms with Gasteiger partial charge in [-0.1, -0.05) is 19.8 Å². The van der Waals surface area contributed by atoms with Crippen molar-refractivity contribution in [3.63, 3.8) is 0 Å². The van der Waals surface area contributed by atoms with Gasteiger partial charge in [0.2, 0.25) is 0 Å². The van der Waals surface area contributed by atoms with E-state index in [0.717, 1.165) is 6.42 Å². The van der Waals surface area contributed by atoms with Crippen molar-refractivity contribution >= 4 is 17.9 Å². The molecule has 1 rings (SSSR count). The topological polar surface area (TPSA) is 86.7 Å². The number of rotatable bonds is 8. The van der Waals surface area contributed by atoms with Crippen LogP contribution >= 0.6 is 0 Å². The van der Waals surface area contributed by atoms with Gasteiger partial charge in [0.05, 0.1) is 0 Å². The number of hydrogen-bond acceptors (Lipinski definition) is 3. The number of imide groups is 1. The Morgan fingerprint density at radius 3 is 2.67 bits per heavy atom. The molecule has 0 saturated carbocycles. The lowest BCUT2D eigenvalue weighted by atomic mass is 10.1. The molecule has 1 heterocycles. The Hall–Kier alpha value is -1.59. The van der Waals surface area contributed by atoms with Crippen molar-refractivity contribution in [2.75, 3.05) is 6.54 Å². The first-order valence-electron chi connectivity index (χ1n) is 6.40. The van der Waals surface area contributed by atoms with Crippen LogP contribution in [0.15, 0.2) is 0 Å². The molecule has 6 nitrogen and oxygen atoms in total. The van der Waals surface area contributed by atoms with Gasteiger partial charge in [0, 0.05) is 13.0 Å². The van der Waals surface area contributed by atoms with Crippen molar-refractivity contribution in [2.24, 2.45) is 0 Å². The minimum absolute atomic E-state index is 0.138. The monoisotopic (exact) mass is 256 g/mol. The predicted molar refractivity (Wildman–Crippen MR) is 65.0 cm³/mol. The second kappa shape index (κ2) is 6.98. The van der Waals surface area contributed by atoms with Crippen LogP contribution in [0.3, 0.4) is 0 Å². The largest absolute Gasteiger partial charge is 0.481 e. The van der Waals surface area contributed by atoms with Crippen LogP contribution in [0.25, 0.3) is 0 Å². The van der Waals surface area contributed by atoms with Crippen molar-refractivity contribution in [2.45, 2.75) is 51.5 Å². The van der Waals surface area contributed by atoms with Gasteiger partial charge in [0.15, 0.2) is 0 Å². The summed E-state index contributed by atoms with van der Waals surface area (Å²) in [7, 11) is 0. The lowest BCUT2D eigenvalue weighted by Crippen LogP contribution is -2.32.